The Morgan fingerprint density at radius 1 is 1.29 bits per heavy atom. The summed E-state index contributed by atoms with van der Waals surface area (Å²) >= 11 is 0. The summed E-state index contributed by atoms with van der Waals surface area (Å²) in [4.78, 5) is 25.2. The van der Waals surface area contributed by atoms with Crippen molar-refractivity contribution < 1.29 is 4.74 Å². The molecule has 0 aliphatic carbocycles. The number of aromatic nitrogens is 3. The van der Waals surface area contributed by atoms with Crippen molar-refractivity contribution in [1.29, 1.82) is 0 Å². The van der Waals surface area contributed by atoms with E-state index in [1.54, 1.807) is 31.4 Å². The van der Waals surface area contributed by atoms with Gasteiger partial charge < -0.3 is 4.74 Å². The third-order valence-corrected chi connectivity index (χ3v) is 4.11. The molecule has 0 saturated carbocycles. The lowest BCUT2D eigenvalue weighted by Crippen LogP contribution is -2.35. The van der Waals surface area contributed by atoms with Gasteiger partial charge in [0, 0.05) is 7.11 Å². The Labute approximate surface area is 141 Å². The fourth-order valence-electron chi connectivity index (χ4n) is 2.90. The Bertz CT molecular complexity index is 786. The molecule has 6 nitrogen and oxygen atoms in total. The Hall–Kier alpha value is -2.34. The highest BCUT2D eigenvalue weighted by Crippen LogP contribution is 2.23. The van der Waals surface area contributed by atoms with Crippen LogP contribution < -0.4 is 11.4 Å². The Morgan fingerprint density at radius 2 is 1.96 bits per heavy atom. The molecule has 2 aromatic rings. The first kappa shape index (κ1) is 18.0. The van der Waals surface area contributed by atoms with E-state index in [0.29, 0.717) is 5.69 Å². The summed E-state index contributed by atoms with van der Waals surface area (Å²) in [6.45, 7) is 7.93. The molecule has 1 N–H and O–H groups in total. The second-order valence-electron chi connectivity index (χ2n) is 5.95. The zero-order valence-corrected chi connectivity index (χ0v) is 14.5. The monoisotopic (exact) mass is 331 g/mol. The van der Waals surface area contributed by atoms with Crippen LogP contribution in [0.3, 0.4) is 0 Å². The van der Waals surface area contributed by atoms with Crippen LogP contribution >= 0.6 is 0 Å². The number of hydrogen-bond acceptors (Lipinski definition) is 3. The number of unbranched alkanes of at least 4 members (excludes halogenated alkanes) is 1. The molecule has 24 heavy (non-hydrogen) atoms. The van der Waals surface area contributed by atoms with Gasteiger partial charge in [0.1, 0.15) is 6.04 Å². The van der Waals surface area contributed by atoms with Gasteiger partial charge in [-0.15, -0.1) is 0 Å². The first-order valence-electron chi connectivity index (χ1n) is 8.18. The van der Waals surface area contributed by atoms with Crippen LogP contribution in [0.25, 0.3) is 5.69 Å². The average Bonchev–Trinajstić information content (AvgIpc) is 2.86. The predicted molar refractivity (Wildman–Crippen MR) is 94.8 cm³/mol. The molecule has 1 heterocycles. The minimum atomic E-state index is -0.470. The zero-order valence-electron chi connectivity index (χ0n) is 14.5. The molecule has 0 spiro atoms. The van der Waals surface area contributed by atoms with Crippen LogP contribution in [0.2, 0.25) is 0 Å². The highest BCUT2D eigenvalue weighted by atomic mass is 16.5. The molecule has 1 aromatic heterocycles. The maximum absolute atomic E-state index is 12.8. The van der Waals surface area contributed by atoms with Gasteiger partial charge in [-0.1, -0.05) is 50.1 Å². The lowest BCUT2D eigenvalue weighted by atomic mass is 9.99. The highest BCUT2D eigenvalue weighted by Gasteiger charge is 2.27. The SMILES string of the molecule is C=C(C)[C@H]([C@H](CCCC)OC)n1[nH]c(=O)n(-c2ccccc2)c1=O. The molecular weight excluding hydrogens is 306 g/mol. The number of methoxy groups -OCH3 is 1. The smallest absolute Gasteiger partial charge is 0.352 e. The van der Waals surface area contributed by atoms with Crippen LogP contribution in [0.4, 0.5) is 0 Å². The number of para-hydroxylation sites is 1. The van der Waals surface area contributed by atoms with Gasteiger partial charge in [0.15, 0.2) is 0 Å². The van der Waals surface area contributed by atoms with Gasteiger partial charge in [-0.3, -0.25) is 0 Å². The fourth-order valence-corrected chi connectivity index (χ4v) is 2.90. The fraction of sp³-hybridized carbons (Fsp3) is 0.444. The number of H-pyrrole nitrogens is 1. The van der Waals surface area contributed by atoms with Gasteiger partial charge in [0.05, 0.1) is 11.8 Å². The van der Waals surface area contributed by atoms with Crippen molar-refractivity contribution in [2.45, 2.75) is 45.3 Å². The van der Waals surface area contributed by atoms with Gasteiger partial charge in [0.2, 0.25) is 0 Å². The number of nitrogens with zero attached hydrogens (tertiary/aromatic N) is 2. The van der Waals surface area contributed by atoms with Gasteiger partial charge >= 0.3 is 11.4 Å². The summed E-state index contributed by atoms with van der Waals surface area (Å²) in [5, 5.41) is 2.65. The number of ether oxygens (including phenoxy) is 1. The second-order valence-corrected chi connectivity index (χ2v) is 5.95. The minimum Gasteiger partial charge on any atom is -0.379 e. The average molecular weight is 331 g/mol. The van der Waals surface area contributed by atoms with Crippen LogP contribution in [0.5, 0.6) is 0 Å². The van der Waals surface area contributed by atoms with Crippen molar-refractivity contribution in [3.63, 3.8) is 0 Å². The van der Waals surface area contributed by atoms with Crippen molar-refractivity contribution in [1.82, 2.24) is 14.3 Å². The van der Waals surface area contributed by atoms with Crippen LogP contribution in [-0.2, 0) is 4.74 Å². The first-order valence-corrected chi connectivity index (χ1v) is 8.18. The molecule has 0 amide bonds. The van der Waals surface area contributed by atoms with E-state index in [1.165, 1.54) is 4.68 Å². The predicted octanol–water partition coefficient (Wildman–Crippen LogP) is 2.65. The molecule has 0 aliphatic heterocycles. The third-order valence-electron chi connectivity index (χ3n) is 4.11. The summed E-state index contributed by atoms with van der Waals surface area (Å²) in [6, 6.07) is 8.44. The molecule has 6 heteroatoms. The molecule has 0 fully saturated rings. The van der Waals surface area contributed by atoms with Crippen LogP contribution in [-0.4, -0.2) is 27.6 Å². The molecule has 0 aliphatic rings. The largest absolute Gasteiger partial charge is 0.379 e. The minimum absolute atomic E-state index is 0.220. The number of nitrogens with one attached hydrogen (secondary N) is 1. The van der Waals surface area contributed by atoms with Crippen LogP contribution in [0, 0.1) is 0 Å². The van der Waals surface area contributed by atoms with Gasteiger partial charge in [-0.05, 0) is 25.5 Å². The molecule has 2 rings (SSSR count). The Kier molecular flexibility index (Phi) is 5.98. The zero-order chi connectivity index (χ0) is 17.7. The molecule has 0 unspecified atom stereocenters. The van der Waals surface area contributed by atoms with E-state index < -0.39 is 17.4 Å². The third kappa shape index (κ3) is 3.59. The number of benzene rings is 1. The van der Waals surface area contributed by atoms with E-state index in [-0.39, 0.29) is 6.10 Å². The van der Waals surface area contributed by atoms with Crippen molar-refractivity contribution in [2.75, 3.05) is 7.11 Å². The normalized spacial score (nSPS) is 13.6. The van der Waals surface area contributed by atoms with Crippen LogP contribution in [0.15, 0.2) is 52.1 Å². The standard InChI is InChI=1S/C18H25N3O3/c1-5-6-12-15(24-4)16(13(2)3)21-18(23)20(17(22)19-21)14-10-8-7-9-11-14/h7-11,15-16H,2,5-6,12H2,1,3-4H3,(H,19,22)/t15-,16+/m0/s1. The second kappa shape index (κ2) is 7.97. The van der Waals surface area contributed by atoms with Crippen molar-refractivity contribution in [3.05, 3.63) is 63.5 Å². The summed E-state index contributed by atoms with van der Waals surface area (Å²) < 4.78 is 8.05. The maximum atomic E-state index is 12.8. The topological polar surface area (TPSA) is 69.0 Å². The molecule has 130 valence electrons. The molecule has 1 aromatic carbocycles. The Morgan fingerprint density at radius 3 is 2.50 bits per heavy atom. The maximum Gasteiger partial charge on any atom is 0.352 e. The van der Waals surface area contributed by atoms with Gasteiger partial charge in [0.25, 0.3) is 0 Å². The quantitative estimate of drug-likeness (QED) is 0.756. The first-order chi connectivity index (χ1) is 11.5. The van der Waals surface area contributed by atoms with Crippen molar-refractivity contribution in [2.24, 2.45) is 0 Å². The van der Waals surface area contributed by atoms with E-state index in [1.807, 2.05) is 13.0 Å². The number of hydrogen-bond donors (Lipinski definition) is 1. The summed E-state index contributed by atoms with van der Waals surface area (Å²) in [5.41, 5.74) is 0.410. The molecule has 2 atom stereocenters. The molecule has 0 radical (unpaired) electrons. The van der Waals surface area contributed by atoms with Crippen molar-refractivity contribution >= 4 is 0 Å². The van der Waals surface area contributed by atoms with E-state index in [9.17, 15) is 9.59 Å². The molecule has 0 bridgehead atoms. The highest BCUT2D eigenvalue weighted by molar-refractivity contribution is 5.30. The van der Waals surface area contributed by atoms with E-state index in [0.717, 1.165) is 29.4 Å². The number of rotatable bonds is 8. The summed E-state index contributed by atoms with van der Waals surface area (Å²) in [5.74, 6) is 0. The lowest BCUT2D eigenvalue weighted by molar-refractivity contribution is 0.0547. The van der Waals surface area contributed by atoms with E-state index in [4.69, 9.17) is 4.74 Å². The van der Waals surface area contributed by atoms with E-state index >= 15 is 0 Å². The summed E-state index contributed by atoms with van der Waals surface area (Å²) in [7, 11) is 1.62. The lowest BCUT2D eigenvalue weighted by Gasteiger charge is -2.26. The van der Waals surface area contributed by atoms with E-state index in [2.05, 4.69) is 18.6 Å². The molecular formula is C18H25N3O3. The van der Waals surface area contributed by atoms with Crippen molar-refractivity contribution in [3.8, 4) is 5.69 Å². The Balaban J connectivity index is 2.51. The summed E-state index contributed by atoms with van der Waals surface area (Å²) in [6.07, 6.45) is 2.57. The van der Waals surface area contributed by atoms with Gasteiger partial charge in [-0.25, -0.2) is 23.9 Å². The van der Waals surface area contributed by atoms with Gasteiger partial charge in [-0.2, -0.15) is 0 Å². The van der Waals surface area contributed by atoms with Crippen LogP contribution in [0.1, 0.15) is 39.2 Å². The molecule has 0 saturated heterocycles. The number of aromatic amines is 1.